The molecule has 2 aromatic carbocycles. The van der Waals surface area contributed by atoms with Crippen molar-refractivity contribution in [3.63, 3.8) is 0 Å². The number of hydrogen-bond acceptors (Lipinski definition) is 3. The molecule has 21 heavy (non-hydrogen) atoms. The Morgan fingerprint density at radius 1 is 0.952 bits per heavy atom. The van der Waals surface area contributed by atoms with Crippen LogP contribution in [0.25, 0.3) is 0 Å². The topological polar surface area (TPSA) is 69.6 Å². The van der Waals surface area contributed by atoms with Crippen LogP contribution in [-0.4, -0.2) is 52.3 Å². The van der Waals surface area contributed by atoms with E-state index in [0.717, 1.165) is 11.1 Å². The second-order valence-corrected chi connectivity index (χ2v) is 4.52. The van der Waals surface area contributed by atoms with Crippen molar-refractivity contribution in [2.24, 2.45) is 0 Å². The molecule has 2 atom stereocenters. The predicted octanol–water partition coefficient (Wildman–Crippen LogP) is 1.49. The Morgan fingerprint density at radius 2 is 1.43 bits per heavy atom. The van der Waals surface area contributed by atoms with Crippen LogP contribution in [0.5, 0.6) is 0 Å². The minimum atomic E-state index is -0.953. The predicted molar refractivity (Wildman–Crippen MR) is 83.4 cm³/mol. The van der Waals surface area contributed by atoms with Crippen LogP contribution in [0.3, 0.4) is 0 Å². The van der Waals surface area contributed by atoms with Crippen molar-refractivity contribution < 1.29 is 15.0 Å². The van der Waals surface area contributed by atoms with Crippen molar-refractivity contribution in [2.75, 3.05) is 6.54 Å². The molecule has 0 saturated carbocycles. The van der Waals surface area contributed by atoms with E-state index in [0.29, 0.717) is 0 Å². The fraction of sp³-hybridized carbons (Fsp3) is 0.188. The average molecular weight is 295 g/mol. The summed E-state index contributed by atoms with van der Waals surface area (Å²) >= 11 is 0. The van der Waals surface area contributed by atoms with E-state index in [4.69, 9.17) is 5.11 Å². The van der Waals surface area contributed by atoms with Gasteiger partial charge in [0.25, 0.3) is 0 Å². The van der Waals surface area contributed by atoms with Crippen LogP contribution < -0.4 is 5.32 Å². The number of carboxylic acids is 1. The van der Waals surface area contributed by atoms with Gasteiger partial charge in [0, 0.05) is 0 Å². The van der Waals surface area contributed by atoms with Gasteiger partial charge in [-0.15, -0.1) is 0 Å². The number of benzene rings is 2. The number of aliphatic hydroxyl groups is 1. The van der Waals surface area contributed by atoms with Crippen molar-refractivity contribution in [3.05, 3.63) is 71.8 Å². The first-order valence-corrected chi connectivity index (χ1v) is 6.41. The van der Waals surface area contributed by atoms with Gasteiger partial charge < -0.3 is 10.2 Å². The average Bonchev–Trinajstić information content (AvgIpc) is 2.49. The van der Waals surface area contributed by atoms with Crippen molar-refractivity contribution in [3.8, 4) is 0 Å². The van der Waals surface area contributed by atoms with Gasteiger partial charge in [-0.3, -0.25) is 10.1 Å². The van der Waals surface area contributed by atoms with E-state index in [-0.39, 0.29) is 36.1 Å². The van der Waals surface area contributed by atoms with Crippen molar-refractivity contribution in [1.82, 2.24) is 5.32 Å². The molecule has 2 rings (SSSR count). The van der Waals surface area contributed by atoms with Crippen molar-refractivity contribution in [2.45, 2.75) is 12.1 Å². The molecule has 0 aliphatic carbocycles. The molecule has 0 amide bonds. The molecule has 0 unspecified atom stereocenters. The molecular formula is C16H18NNaO3. The molecule has 0 heterocycles. The molecule has 2 aromatic rings. The Hall–Kier alpha value is -1.17. The molecule has 0 radical (unpaired) electrons. The second kappa shape index (κ2) is 8.97. The van der Waals surface area contributed by atoms with Gasteiger partial charge in [-0.1, -0.05) is 60.7 Å². The number of carbonyl (C=O) groups is 1. The van der Waals surface area contributed by atoms with Gasteiger partial charge >= 0.3 is 35.5 Å². The number of carboxylic acid groups (broad SMARTS) is 1. The molecular weight excluding hydrogens is 277 g/mol. The second-order valence-electron chi connectivity index (χ2n) is 4.52. The number of nitrogens with one attached hydrogen (secondary N) is 1. The van der Waals surface area contributed by atoms with Gasteiger partial charge in [0.05, 0.1) is 18.7 Å². The zero-order valence-corrected chi connectivity index (χ0v) is 10.9. The first kappa shape index (κ1) is 17.9. The van der Waals surface area contributed by atoms with E-state index in [1.807, 2.05) is 60.7 Å². The van der Waals surface area contributed by atoms with Gasteiger partial charge in [-0.25, -0.2) is 0 Å². The van der Waals surface area contributed by atoms with Gasteiger partial charge in [0.15, 0.2) is 0 Å². The third-order valence-electron chi connectivity index (χ3n) is 3.09. The van der Waals surface area contributed by atoms with Gasteiger partial charge in [-0.2, -0.15) is 0 Å². The maximum atomic E-state index is 10.8. The third kappa shape index (κ3) is 5.26. The summed E-state index contributed by atoms with van der Waals surface area (Å²) in [4.78, 5) is 10.8. The molecule has 0 aromatic heterocycles. The first-order valence-electron chi connectivity index (χ1n) is 6.41. The summed E-state index contributed by atoms with van der Waals surface area (Å²) < 4.78 is 0. The zero-order chi connectivity index (χ0) is 14.4. The molecule has 0 fully saturated rings. The molecule has 0 aliphatic heterocycles. The van der Waals surface area contributed by atoms with E-state index in [9.17, 15) is 9.90 Å². The number of aliphatic carboxylic acids is 1. The summed E-state index contributed by atoms with van der Waals surface area (Å²) in [6.45, 7) is -0.205. The van der Waals surface area contributed by atoms with Crippen LogP contribution in [-0.2, 0) is 4.79 Å². The number of aliphatic hydroxyl groups excluding tert-OH is 1. The van der Waals surface area contributed by atoms with E-state index >= 15 is 0 Å². The molecule has 3 N–H and O–H groups in total. The SMILES string of the molecule is O=C(O)CN[C@H](c1ccccc1)[C@@H](O)c1ccccc1.[NaH]. The summed E-state index contributed by atoms with van der Waals surface area (Å²) in [6.07, 6.45) is -0.807. The van der Waals surface area contributed by atoms with Crippen LogP contribution in [0.4, 0.5) is 0 Å². The fourth-order valence-corrected chi connectivity index (χ4v) is 2.11. The molecule has 0 spiro atoms. The van der Waals surface area contributed by atoms with Gasteiger partial charge in [-0.05, 0) is 11.1 Å². The summed E-state index contributed by atoms with van der Waals surface area (Å²) in [5, 5.41) is 22.2. The molecule has 0 saturated heterocycles. The van der Waals surface area contributed by atoms with Crippen LogP contribution in [0, 0.1) is 0 Å². The molecule has 0 bridgehead atoms. The van der Waals surface area contributed by atoms with E-state index in [2.05, 4.69) is 5.32 Å². The van der Waals surface area contributed by atoms with Crippen molar-refractivity contribution >= 4 is 35.5 Å². The van der Waals surface area contributed by atoms with E-state index in [1.165, 1.54) is 0 Å². The van der Waals surface area contributed by atoms with Crippen molar-refractivity contribution in [1.29, 1.82) is 0 Å². The first-order chi connectivity index (χ1) is 9.68. The Balaban J connectivity index is 0.00000220. The molecule has 4 nitrogen and oxygen atoms in total. The van der Waals surface area contributed by atoms with Crippen LogP contribution in [0.1, 0.15) is 23.3 Å². The van der Waals surface area contributed by atoms with Gasteiger partial charge in [0.2, 0.25) is 0 Å². The Labute approximate surface area is 146 Å². The normalized spacial score (nSPS) is 13.0. The minimum absolute atomic E-state index is 0. The molecule has 0 aliphatic rings. The van der Waals surface area contributed by atoms with Gasteiger partial charge in [0.1, 0.15) is 0 Å². The van der Waals surface area contributed by atoms with E-state index in [1.54, 1.807) is 0 Å². The summed E-state index contributed by atoms with van der Waals surface area (Å²) in [7, 11) is 0. The summed E-state index contributed by atoms with van der Waals surface area (Å²) in [6, 6.07) is 18.1. The fourth-order valence-electron chi connectivity index (χ4n) is 2.11. The standard InChI is InChI=1S/C16H17NO3.Na.H/c18-14(19)11-17-15(12-7-3-1-4-8-12)16(20)13-9-5-2-6-10-13;;/h1-10,15-17,20H,11H2,(H,18,19);;/t15-,16+;;/m1../s1. The third-order valence-corrected chi connectivity index (χ3v) is 3.09. The summed E-state index contributed by atoms with van der Waals surface area (Å²) in [5.41, 5.74) is 1.60. The van der Waals surface area contributed by atoms with E-state index < -0.39 is 18.1 Å². The Morgan fingerprint density at radius 3 is 1.90 bits per heavy atom. The Kier molecular flexibility index (Phi) is 7.64. The zero-order valence-electron chi connectivity index (χ0n) is 10.9. The quantitative estimate of drug-likeness (QED) is 0.706. The van der Waals surface area contributed by atoms with Crippen LogP contribution in [0.2, 0.25) is 0 Å². The molecule has 106 valence electrons. The van der Waals surface area contributed by atoms with Crippen LogP contribution in [0.15, 0.2) is 60.7 Å². The number of rotatable bonds is 6. The number of hydrogen-bond donors (Lipinski definition) is 3. The maximum absolute atomic E-state index is 10.8. The summed E-state index contributed by atoms with van der Waals surface area (Å²) in [5.74, 6) is -0.953. The van der Waals surface area contributed by atoms with Crippen LogP contribution >= 0.6 is 0 Å². The Bertz CT molecular complexity index is 548. The monoisotopic (exact) mass is 295 g/mol. The molecule has 5 heteroatoms.